The van der Waals surface area contributed by atoms with Crippen molar-refractivity contribution in [3.63, 3.8) is 0 Å². The minimum absolute atomic E-state index is 0.0892. The van der Waals surface area contributed by atoms with Crippen LogP contribution in [0.1, 0.15) is 23.7 Å². The highest BCUT2D eigenvalue weighted by Gasteiger charge is 2.09. The van der Waals surface area contributed by atoms with E-state index in [0.29, 0.717) is 17.1 Å². The van der Waals surface area contributed by atoms with Crippen LogP contribution in [0.4, 0.5) is 0 Å². The molecule has 0 saturated heterocycles. The lowest BCUT2D eigenvalue weighted by atomic mass is 10.2. The zero-order valence-electron chi connectivity index (χ0n) is 9.50. The number of amides is 2. The summed E-state index contributed by atoms with van der Waals surface area (Å²) in [4.78, 5) is 26.6. The monoisotopic (exact) mass is 255 g/mol. The summed E-state index contributed by atoms with van der Waals surface area (Å²) in [5.41, 5.74) is 0.359. The van der Waals surface area contributed by atoms with Gasteiger partial charge in [-0.25, -0.2) is 0 Å². The molecule has 17 heavy (non-hydrogen) atoms. The first kappa shape index (κ1) is 13.4. The topological polar surface area (TPSA) is 71.1 Å². The molecule has 1 aromatic heterocycles. The van der Waals surface area contributed by atoms with Crippen molar-refractivity contribution in [3.8, 4) is 0 Å². The van der Waals surface area contributed by atoms with E-state index >= 15 is 0 Å². The van der Waals surface area contributed by atoms with Crippen LogP contribution in [0.15, 0.2) is 18.5 Å². The maximum Gasteiger partial charge on any atom is 0.252 e. The molecule has 0 atom stereocenters. The Morgan fingerprint density at radius 3 is 2.82 bits per heavy atom. The van der Waals surface area contributed by atoms with Gasteiger partial charge in [-0.05, 0) is 13.0 Å². The molecule has 0 bridgehead atoms. The van der Waals surface area contributed by atoms with E-state index < -0.39 is 0 Å². The van der Waals surface area contributed by atoms with Crippen LogP contribution >= 0.6 is 11.6 Å². The number of pyridine rings is 1. The number of nitrogens with one attached hydrogen (secondary N) is 2. The van der Waals surface area contributed by atoms with Gasteiger partial charge in [0.2, 0.25) is 5.91 Å². The van der Waals surface area contributed by atoms with Gasteiger partial charge in [-0.3, -0.25) is 14.6 Å². The van der Waals surface area contributed by atoms with Crippen LogP contribution in [0.3, 0.4) is 0 Å². The first-order chi connectivity index (χ1) is 8.15. The van der Waals surface area contributed by atoms with Crippen LogP contribution in [0.2, 0.25) is 5.02 Å². The van der Waals surface area contributed by atoms with Gasteiger partial charge in [0.1, 0.15) is 0 Å². The van der Waals surface area contributed by atoms with E-state index in [1.807, 2.05) is 6.92 Å². The molecular formula is C11H14ClN3O2. The van der Waals surface area contributed by atoms with Gasteiger partial charge in [-0.15, -0.1) is 0 Å². The van der Waals surface area contributed by atoms with Crippen molar-refractivity contribution in [1.82, 2.24) is 15.6 Å². The van der Waals surface area contributed by atoms with Crippen molar-refractivity contribution in [1.29, 1.82) is 0 Å². The summed E-state index contributed by atoms with van der Waals surface area (Å²) in [6.07, 6.45) is 3.15. The Morgan fingerprint density at radius 1 is 1.41 bits per heavy atom. The highest BCUT2D eigenvalue weighted by molar-refractivity contribution is 6.33. The van der Waals surface area contributed by atoms with Gasteiger partial charge in [0.15, 0.2) is 0 Å². The molecule has 0 aliphatic heterocycles. The van der Waals surface area contributed by atoms with Crippen molar-refractivity contribution in [2.75, 3.05) is 13.1 Å². The van der Waals surface area contributed by atoms with E-state index in [1.165, 1.54) is 18.5 Å². The third-order valence-electron chi connectivity index (χ3n) is 2.03. The van der Waals surface area contributed by atoms with Crippen molar-refractivity contribution >= 4 is 23.4 Å². The summed E-state index contributed by atoms with van der Waals surface area (Å²) >= 11 is 5.81. The molecule has 0 radical (unpaired) electrons. The van der Waals surface area contributed by atoms with Gasteiger partial charge in [-0.2, -0.15) is 0 Å². The van der Waals surface area contributed by atoms with Gasteiger partial charge in [0, 0.05) is 31.9 Å². The molecule has 0 aliphatic rings. The highest BCUT2D eigenvalue weighted by atomic mass is 35.5. The predicted octanol–water partition coefficient (Wildman–Crippen LogP) is 0.991. The van der Waals surface area contributed by atoms with Crippen LogP contribution in [-0.2, 0) is 4.79 Å². The number of hydrogen-bond donors (Lipinski definition) is 2. The van der Waals surface area contributed by atoms with Crippen molar-refractivity contribution in [2.24, 2.45) is 0 Å². The number of nitrogens with zero attached hydrogens (tertiary/aromatic N) is 1. The smallest absolute Gasteiger partial charge is 0.252 e. The fourth-order valence-electron chi connectivity index (χ4n) is 1.23. The molecule has 0 unspecified atom stereocenters. The van der Waals surface area contributed by atoms with Crippen molar-refractivity contribution in [3.05, 3.63) is 29.0 Å². The molecule has 0 saturated carbocycles. The largest absolute Gasteiger partial charge is 0.356 e. The molecule has 0 aromatic carbocycles. The Kier molecular flexibility index (Phi) is 5.42. The molecule has 1 rings (SSSR count). The summed E-state index contributed by atoms with van der Waals surface area (Å²) < 4.78 is 0. The molecular weight excluding hydrogens is 242 g/mol. The van der Waals surface area contributed by atoms with Crippen molar-refractivity contribution < 1.29 is 9.59 Å². The van der Waals surface area contributed by atoms with Crippen LogP contribution in [0.5, 0.6) is 0 Å². The molecule has 0 spiro atoms. The first-order valence-electron chi connectivity index (χ1n) is 5.29. The maximum atomic E-state index is 11.6. The first-order valence-corrected chi connectivity index (χ1v) is 5.67. The van der Waals surface area contributed by atoms with E-state index in [4.69, 9.17) is 11.6 Å². The normalized spacial score (nSPS) is 9.76. The maximum absolute atomic E-state index is 11.6. The summed E-state index contributed by atoms with van der Waals surface area (Å²) in [7, 11) is 0. The average Bonchev–Trinajstić information content (AvgIpc) is 2.29. The number of rotatable bonds is 5. The Hall–Kier alpha value is -1.62. The number of aromatic nitrogens is 1. The van der Waals surface area contributed by atoms with E-state index in [9.17, 15) is 9.59 Å². The zero-order chi connectivity index (χ0) is 12.7. The van der Waals surface area contributed by atoms with Gasteiger partial charge in [0.05, 0.1) is 10.6 Å². The minimum Gasteiger partial charge on any atom is -0.356 e. The standard InChI is InChI=1S/C11H14ClN3O2/c1-2-14-10(16)4-6-15-11(17)8-3-5-13-7-9(8)12/h3,5,7H,2,4,6H2,1H3,(H,14,16)(H,15,17). The van der Waals surface area contributed by atoms with Crippen molar-refractivity contribution in [2.45, 2.75) is 13.3 Å². The van der Waals surface area contributed by atoms with Gasteiger partial charge < -0.3 is 10.6 Å². The SMILES string of the molecule is CCNC(=O)CCNC(=O)c1ccncc1Cl. The molecule has 6 heteroatoms. The Morgan fingerprint density at radius 2 is 2.18 bits per heavy atom. The predicted molar refractivity (Wildman–Crippen MR) is 64.9 cm³/mol. The fraction of sp³-hybridized carbons (Fsp3) is 0.364. The molecule has 1 aromatic rings. The lowest BCUT2D eigenvalue weighted by molar-refractivity contribution is -0.120. The van der Waals surface area contributed by atoms with Crippen LogP contribution in [-0.4, -0.2) is 29.9 Å². The molecule has 1 heterocycles. The number of hydrogen-bond acceptors (Lipinski definition) is 3. The molecule has 0 aliphatic carbocycles. The summed E-state index contributed by atoms with van der Waals surface area (Å²) in [5.74, 6) is -0.393. The van der Waals surface area contributed by atoms with E-state index in [2.05, 4.69) is 15.6 Å². The lowest BCUT2D eigenvalue weighted by Crippen LogP contribution is -2.30. The van der Waals surface area contributed by atoms with E-state index in [0.717, 1.165) is 0 Å². The zero-order valence-corrected chi connectivity index (χ0v) is 10.3. The third kappa shape index (κ3) is 4.40. The van der Waals surface area contributed by atoms with Gasteiger partial charge >= 0.3 is 0 Å². The van der Waals surface area contributed by atoms with Crippen LogP contribution in [0, 0.1) is 0 Å². The lowest BCUT2D eigenvalue weighted by Gasteiger charge is -2.06. The second kappa shape index (κ2) is 6.85. The minimum atomic E-state index is -0.304. The quantitative estimate of drug-likeness (QED) is 0.824. The van der Waals surface area contributed by atoms with Gasteiger partial charge in [0.25, 0.3) is 5.91 Å². The second-order valence-electron chi connectivity index (χ2n) is 3.31. The molecule has 2 N–H and O–H groups in total. The molecule has 92 valence electrons. The Labute approximate surface area is 105 Å². The Balaban J connectivity index is 2.41. The average molecular weight is 256 g/mol. The summed E-state index contributed by atoms with van der Waals surface area (Å²) in [6.45, 7) is 2.71. The summed E-state index contributed by atoms with van der Waals surface area (Å²) in [6, 6.07) is 1.53. The number of halogens is 1. The molecule has 5 nitrogen and oxygen atoms in total. The van der Waals surface area contributed by atoms with Crippen LogP contribution in [0.25, 0.3) is 0 Å². The highest BCUT2D eigenvalue weighted by Crippen LogP contribution is 2.12. The van der Waals surface area contributed by atoms with E-state index in [1.54, 1.807) is 0 Å². The number of carbonyl (C=O) groups excluding carboxylic acids is 2. The third-order valence-corrected chi connectivity index (χ3v) is 2.33. The summed E-state index contributed by atoms with van der Waals surface area (Å²) in [5, 5.41) is 5.56. The van der Waals surface area contributed by atoms with Gasteiger partial charge in [-0.1, -0.05) is 11.6 Å². The number of carbonyl (C=O) groups is 2. The fourth-order valence-corrected chi connectivity index (χ4v) is 1.43. The van der Waals surface area contributed by atoms with E-state index in [-0.39, 0.29) is 24.8 Å². The Bertz CT molecular complexity index is 409. The molecule has 0 fully saturated rings. The second-order valence-corrected chi connectivity index (χ2v) is 3.72. The molecule has 2 amide bonds. The van der Waals surface area contributed by atoms with Crippen LogP contribution < -0.4 is 10.6 Å².